The van der Waals surface area contributed by atoms with Crippen molar-refractivity contribution in [1.82, 2.24) is 4.98 Å². The highest BCUT2D eigenvalue weighted by Crippen LogP contribution is 2.27. The molecular formula is C20H18ClNO4. The van der Waals surface area contributed by atoms with Crippen molar-refractivity contribution in [2.24, 2.45) is 0 Å². The van der Waals surface area contributed by atoms with Gasteiger partial charge in [0.15, 0.2) is 0 Å². The van der Waals surface area contributed by atoms with Crippen LogP contribution < -0.4 is 4.74 Å². The molecule has 5 nitrogen and oxygen atoms in total. The second kappa shape index (κ2) is 8.54. The summed E-state index contributed by atoms with van der Waals surface area (Å²) < 4.78 is 16.4. The minimum absolute atomic E-state index is 0.183. The first-order valence-corrected chi connectivity index (χ1v) is 8.59. The van der Waals surface area contributed by atoms with Gasteiger partial charge in [-0.3, -0.25) is 4.98 Å². The first-order valence-electron chi connectivity index (χ1n) is 8.21. The van der Waals surface area contributed by atoms with Gasteiger partial charge in [-0.1, -0.05) is 11.6 Å². The van der Waals surface area contributed by atoms with Crippen LogP contribution >= 0.6 is 11.6 Å². The summed E-state index contributed by atoms with van der Waals surface area (Å²) in [6, 6.07) is 12.6. The fourth-order valence-electron chi connectivity index (χ4n) is 2.44. The monoisotopic (exact) mass is 371 g/mol. The molecule has 2 aromatic heterocycles. The van der Waals surface area contributed by atoms with Crippen molar-refractivity contribution in [2.45, 2.75) is 20.0 Å². The summed E-state index contributed by atoms with van der Waals surface area (Å²) in [6.07, 6.45) is 3.90. The number of benzene rings is 1. The lowest BCUT2D eigenvalue weighted by Gasteiger charge is -2.11. The summed E-state index contributed by atoms with van der Waals surface area (Å²) in [6.45, 7) is 2.47. The molecule has 0 spiro atoms. The lowest BCUT2D eigenvalue weighted by molar-refractivity contribution is 0.0488. The number of hydrogen-bond donors (Lipinski definition) is 0. The first-order chi connectivity index (χ1) is 12.7. The zero-order chi connectivity index (χ0) is 18.4. The van der Waals surface area contributed by atoms with E-state index in [2.05, 4.69) is 4.98 Å². The van der Waals surface area contributed by atoms with Gasteiger partial charge in [-0.2, -0.15) is 0 Å². The quantitative estimate of drug-likeness (QED) is 0.564. The maximum atomic E-state index is 11.7. The molecule has 3 rings (SSSR count). The highest BCUT2D eigenvalue weighted by molar-refractivity contribution is 6.30. The number of hydrogen-bond acceptors (Lipinski definition) is 5. The number of esters is 1. The molecule has 1 aromatic carbocycles. The van der Waals surface area contributed by atoms with Gasteiger partial charge in [0.2, 0.25) is 5.76 Å². The van der Waals surface area contributed by atoms with E-state index in [0.29, 0.717) is 36.2 Å². The Kier molecular flexibility index (Phi) is 5.92. The van der Waals surface area contributed by atoms with Gasteiger partial charge in [-0.05, 0) is 55.0 Å². The normalized spacial score (nSPS) is 10.5. The SMILES string of the molecule is CCOC(=O)c1ccc(Cc2cc(Cl)ccc2OCc2ccncc2)o1. The number of carbonyl (C=O) groups is 1. The predicted molar refractivity (Wildman–Crippen MR) is 97.5 cm³/mol. The fraction of sp³-hybridized carbons (Fsp3) is 0.200. The molecule has 6 heteroatoms. The number of ether oxygens (including phenoxy) is 2. The minimum Gasteiger partial charge on any atom is -0.489 e. The molecule has 26 heavy (non-hydrogen) atoms. The Bertz CT molecular complexity index is 877. The molecule has 0 N–H and O–H groups in total. The van der Waals surface area contributed by atoms with Crippen LogP contribution in [0.25, 0.3) is 0 Å². The van der Waals surface area contributed by atoms with Crippen molar-refractivity contribution < 1.29 is 18.7 Å². The Morgan fingerprint density at radius 3 is 2.73 bits per heavy atom. The third-order valence-electron chi connectivity index (χ3n) is 3.67. The molecule has 0 aliphatic heterocycles. The average molecular weight is 372 g/mol. The Labute approximate surface area is 156 Å². The van der Waals surface area contributed by atoms with Gasteiger partial charge in [0, 0.05) is 29.4 Å². The van der Waals surface area contributed by atoms with Crippen LogP contribution in [0.3, 0.4) is 0 Å². The van der Waals surface area contributed by atoms with E-state index >= 15 is 0 Å². The van der Waals surface area contributed by atoms with E-state index in [9.17, 15) is 4.79 Å². The largest absolute Gasteiger partial charge is 0.489 e. The molecule has 0 saturated carbocycles. The predicted octanol–water partition coefficient (Wildman–Crippen LogP) is 4.67. The number of rotatable bonds is 7. The van der Waals surface area contributed by atoms with Crippen molar-refractivity contribution in [2.75, 3.05) is 6.61 Å². The third kappa shape index (κ3) is 4.64. The first kappa shape index (κ1) is 18.0. The average Bonchev–Trinajstić information content (AvgIpc) is 3.11. The highest BCUT2D eigenvalue weighted by Gasteiger charge is 2.14. The molecule has 0 atom stereocenters. The molecule has 0 fully saturated rings. The highest BCUT2D eigenvalue weighted by atomic mass is 35.5. The summed E-state index contributed by atoms with van der Waals surface area (Å²) in [5, 5.41) is 0.605. The number of aromatic nitrogens is 1. The van der Waals surface area contributed by atoms with Crippen LogP contribution in [0.2, 0.25) is 5.02 Å². The molecule has 2 heterocycles. The van der Waals surface area contributed by atoms with E-state index in [1.165, 1.54) is 0 Å². The standard InChI is InChI=1S/C20H18ClNO4/c1-2-24-20(23)19-6-4-17(26-19)12-15-11-16(21)3-5-18(15)25-13-14-7-9-22-10-8-14/h3-11H,2,12-13H2,1H3. The molecule has 0 unspecified atom stereocenters. The summed E-state index contributed by atoms with van der Waals surface area (Å²) in [4.78, 5) is 15.7. The summed E-state index contributed by atoms with van der Waals surface area (Å²) >= 11 is 6.13. The van der Waals surface area contributed by atoms with Crippen LogP contribution in [0.15, 0.2) is 59.3 Å². The summed E-state index contributed by atoms with van der Waals surface area (Å²) in [7, 11) is 0. The number of halogens is 1. The number of nitrogens with zero attached hydrogens (tertiary/aromatic N) is 1. The van der Waals surface area contributed by atoms with Gasteiger partial charge in [0.25, 0.3) is 0 Å². The van der Waals surface area contributed by atoms with Gasteiger partial charge in [0.05, 0.1) is 6.61 Å². The fourth-order valence-corrected chi connectivity index (χ4v) is 2.63. The molecule has 134 valence electrons. The lowest BCUT2D eigenvalue weighted by atomic mass is 10.1. The van der Waals surface area contributed by atoms with Gasteiger partial charge in [-0.25, -0.2) is 4.79 Å². The van der Waals surface area contributed by atoms with E-state index in [-0.39, 0.29) is 5.76 Å². The lowest BCUT2D eigenvalue weighted by Crippen LogP contribution is -2.02. The molecule has 0 amide bonds. The van der Waals surface area contributed by atoms with Crippen molar-refractivity contribution in [1.29, 1.82) is 0 Å². The van der Waals surface area contributed by atoms with Crippen LogP contribution in [0.5, 0.6) is 5.75 Å². The molecular weight excluding hydrogens is 354 g/mol. The molecule has 0 aliphatic carbocycles. The van der Waals surface area contributed by atoms with E-state index in [0.717, 1.165) is 11.1 Å². The maximum absolute atomic E-state index is 11.7. The van der Waals surface area contributed by atoms with E-state index < -0.39 is 5.97 Å². The maximum Gasteiger partial charge on any atom is 0.374 e. The van der Waals surface area contributed by atoms with E-state index in [1.54, 1.807) is 37.5 Å². The zero-order valence-corrected chi connectivity index (χ0v) is 15.0. The summed E-state index contributed by atoms with van der Waals surface area (Å²) in [5.74, 6) is 1.05. The van der Waals surface area contributed by atoms with Crippen molar-refractivity contribution >= 4 is 17.6 Å². The summed E-state index contributed by atoms with van der Waals surface area (Å²) in [5.41, 5.74) is 1.89. The van der Waals surface area contributed by atoms with Crippen LogP contribution in [0, 0.1) is 0 Å². The zero-order valence-electron chi connectivity index (χ0n) is 14.3. The van der Waals surface area contributed by atoms with Crippen LogP contribution in [0.4, 0.5) is 0 Å². The molecule has 0 radical (unpaired) electrons. The van der Waals surface area contributed by atoms with Gasteiger partial charge in [0.1, 0.15) is 18.1 Å². The van der Waals surface area contributed by atoms with Gasteiger partial charge in [-0.15, -0.1) is 0 Å². The Hall–Kier alpha value is -2.79. The Morgan fingerprint density at radius 1 is 1.15 bits per heavy atom. The number of pyridine rings is 1. The van der Waals surface area contributed by atoms with Crippen molar-refractivity contribution in [3.8, 4) is 5.75 Å². The number of furan rings is 1. The van der Waals surface area contributed by atoms with Crippen LogP contribution in [-0.4, -0.2) is 17.6 Å². The topological polar surface area (TPSA) is 61.6 Å². The molecule has 0 saturated heterocycles. The van der Waals surface area contributed by atoms with Crippen molar-refractivity contribution in [3.63, 3.8) is 0 Å². The van der Waals surface area contributed by atoms with E-state index in [4.69, 9.17) is 25.5 Å². The van der Waals surface area contributed by atoms with Gasteiger partial charge >= 0.3 is 5.97 Å². The van der Waals surface area contributed by atoms with Gasteiger partial charge < -0.3 is 13.9 Å². The molecule has 0 aliphatic rings. The second-order valence-corrected chi connectivity index (χ2v) is 6.00. The van der Waals surface area contributed by atoms with Crippen LogP contribution in [0.1, 0.15) is 34.4 Å². The minimum atomic E-state index is -0.473. The molecule has 3 aromatic rings. The molecule has 0 bridgehead atoms. The van der Waals surface area contributed by atoms with Crippen molar-refractivity contribution in [3.05, 3.63) is 82.5 Å². The third-order valence-corrected chi connectivity index (χ3v) is 3.90. The Morgan fingerprint density at radius 2 is 1.96 bits per heavy atom. The second-order valence-electron chi connectivity index (χ2n) is 5.56. The Balaban J connectivity index is 1.74. The number of carbonyl (C=O) groups excluding carboxylic acids is 1. The van der Waals surface area contributed by atoms with E-state index in [1.807, 2.05) is 24.3 Å². The smallest absolute Gasteiger partial charge is 0.374 e. The van der Waals surface area contributed by atoms with Crippen LogP contribution in [-0.2, 0) is 17.8 Å².